The number of ether oxygens (including phenoxy) is 1. The van der Waals surface area contributed by atoms with Crippen LogP contribution in [0.1, 0.15) is 5.76 Å². The van der Waals surface area contributed by atoms with Gasteiger partial charge in [-0.15, -0.1) is 0 Å². The minimum Gasteiger partial charge on any atom is -0.496 e. The Morgan fingerprint density at radius 1 is 1.25 bits per heavy atom. The third-order valence-electron chi connectivity index (χ3n) is 3.09. The molecule has 20 heavy (non-hydrogen) atoms. The van der Waals surface area contributed by atoms with Crippen molar-refractivity contribution in [3.8, 4) is 28.2 Å². The van der Waals surface area contributed by atoms with Crippen LogP contribution in [0, 0.1) is 6.92 Å². The van der Waals surface area contributed by atoms with E-state index in [0.29, 0.717) is 22.9 Å². The lowest BCUT2D eigenvalue weighted by atomic mass is 10.0. The monoisotopic (exact) mass is 270 g/mol. The van der Waals surface area contributed by atoms with Crippen molar-refractivity contribution in [2.75, 3.05) is 12.8 Å². The molecule has 0 aliphatic heterocycles. The summed E-state index contributed by atoms with van der Waals surface area (Å²) in [5.74, 6) is 2.40. The first-order chi connectivity index (χ1) is 9.70. The lowest BCUT2D eigenvalue weighted by Crippen LogP contribution is -1.92. The van der Waals surface area contributed by atoms with E-state index in [1.165, 1.54) is 0 Å². The van der Waals surface area contributed by atoms with Gasteiger partial charge in [0.25, 0.3) is 0 Å². The third kappa shape index (κ3) is 1.93. The number of benzene rings is 1. The normalized spacial score (nSPS) is 10.7. The van der Waals surface area contributed by atoms with E-state index in [0.717, 1.165) is 16.9 Å². The number of nitrogens with zero attached hydrogens (tertiary/aromatic N) is 1. The second-order valence-electron chi connectivity index (χ2n) is 4.42. The van der Waals surface area contributed by atoms with Gasteiger partial charge in [-0.3, -0.25) is 0 Å². The highest BCUT2D eigenvalue weighted by Crippen LogP contribution is 2.41. The maximum atomic E-state index is 5.95. The van der Waals surface area contributed by atoms with E-state index in [2.05, 4.69) is 5.16 Å². The average molecular weight is 270 g/mol. The lowest BCUT2D eigenvalue weighted by Gasteiger charge is -2.07. The molecular weight excluding hydrogens is 256 g/mol. The summed E-state index contributed by atoms with van der Waals surface area (Å²) in [5, 5.41) is 3.86. The van der Waals surface area contributed by atoms with Crippen LogP contribution >= 0.6 is 0 Å². The molecule has 0 radical (unpaired) electrons. The number of methoxy groups -OCH3 is 1. The van der Waals surface area contributed by atoms with Gasteiger partial charge in [0.15, 0.2) is 11.6 Å². The van der Waals surface area contributed by atoms with Gasteiger partial charge in [-0.05, 0) is 19.1 Å². The van der Waals surface area contributed by atoms with Crippen molar-refractivity contribution in [3.05, 3.63) is 42.4 Å². The van der Waals surface area contributed by atoms with Gasteiger partial charge in [0, 0.05) is 5.56 Å². The quantitative estimate of drug-likeness (QED) is 0.788. The van der Waals surface area contributed by atoms with Crippen molar-refractivity contribution in [2.24, 2.45) is 0 Å². The number of para-hydroxylation sites is 1. The molecule has 102 valence electrons. The van der Waals surface area contributed by atoms with Crippen LogP contribution in [0.3, 0.4) is 0 Å². The minimum atomic E-state index is 0.323. The maximum Gasteiger partial charge on any atom is 0.180 e. The lowest BCUT2D eigenvalue weighted by molar-refractivity contribution is 0.416. The van der Waals surface area contributed by atoms with E-state index in [4.69, 9.17) is 19.4 Å². The predicted molar refractivity (Wildman–Crippen MR) is 75.3 cm³/mol. The summed E-state index contributed by atoms with van der Waals surface area (Å²) >= 11 is 0. The largest absolute Gasteiger partial charge is 0.496 e. The molecule has 0 amide bonds. The molecule has 0 aliphatic carbocycles. The Bertz CT molecular complexity index is 743. The Labute approximate surface area is 115 Å². The highest BCUT2D eigenvalue weighted by atomic mass is 16.5. The Balaban J connectivity index is 2.21. The van der Waals surface area contributed by atoms with Gasteiger partial charge < -0.3 is 19.4 Å². The van der Waals surface area contributed by atoms with Gasteiger partial charge in [-0.25, -0.2) is 0 Å². The molecule has 0 saturated heterocycles. The van der Waals surface area contributed by atoms with Crippen molar-refractivity contribution < 1.29 is 13.7 Å². The van der Waals surface area contributed by atoms with E-state index in [1.807, 2.05) is 37.3 Å². The number of hydrogen-bond donors (Lipinski definition) is 1. The zero-order chi connectivity index (χ0) is 14.1. The topological polar surface area (TPSA) is 74.4 Å². The molecule has 2 aromatic heterocycles. The van der Waals surface area contributed by atoms with E-state index >= 15 is 0 Å². The summed E-state index contributed by atoms with van der Waals surface area (Å²) in [6.45, 7) is 1.87. The van der Waals surface area contributed by atoms with Crippen molar-refractivity contribution in [2.45, 2.75) is 6.92 Å². The Kier molecular flexibility index (Phi) is 2.95. The second-order valence-corrected chi connectivity index (χ2v) is 4.42. The van der Waals surface area contributed by atoms with Gasteiger partial charge >= 0.3 is 0 Å². The van der Waals surface area contributed by atoms with Crippen molar-refractivity contribution >= 4 is 5.82 Å². The molecular formula is C15H14N2O3. The first-order valence-corrected chi connectivity index (χ1v) is 6.14. The Morgan fingerprint density at radius 3 is 2.75 bits per heavy atom. The number of nitrogens with two attached hydrogens (primary N) is 1. The smallest absolute Gasteiger partial charge is 0.180 e. The van der Waals surface area contributed by atoms with E-state index < -0.39 is 0 Å². The highest BCUT2D eigenvalue weighted by molar-refractivity contribution is 5.89. The third-order valence-corrected chi connectivity index (χ3v) is 3.09. The van der Waals surface area contributed by atoms with E-state index in [9.17, 15) is 0 Å². The summed E-state index contributed by atoms with van der Waals surface area (Å²) in [6.07, 6.45) is 1.62. The number of anilines is 1. The molecule has 3 aromatic rings. The zero-order valence-electron chi connectivity index (χ0n) is 11.2. The predicted octanol–water partition coefficient (Wildman–Crippen LogP) is 3.50. The van der Waals surface area contributed by atoms with Crippen LogP contribution in [0.2, 0.25) is 0 Å². The number of aromatic nitrogens is 1. The highest BCUT2D eigenvalue weighted by Gasteiger charge is 2.21. The van der Waals surface area contributed by atoms with Crippen LogP contribution in [0.4, 0.5) is 5.82 Å². The summed E-state index contributed by atoms with van der Waals surface area (Å²) in [7, 11) is 1.62. The number of rotatable bonds is 3. The van der Waals surface area contributed by atoms with Crippen molar-refractivity contribution in [3.63, 3.8) is 0 Å². The molecule has 2 N–H and O–H groups in total. The van der Waals surface area contributed by atoms with Gasteiger partial charge in [0.05, 0.1) is 18.2 Å². The van der Waals surface area contributed by atoms with Crippen LogP contribution in [0.15, 0.2) is 45.5 Å². The fourth-order valence-electron chi connectivity index (χ4n) is 2.17. The number of hydrogen-bond acceptors (Lipinski definition) is 5. The minimum absolute atomic E-state index is 0.323. The molecule has 0 bridgehead atoms. The number of furan rings is 1. The van der Waals surface area contributed by atoms with Gasteiger partial charge in [0.2, 0.25) is 0 Å². The van der Waals surface area contributed by atoms with Crippen molar-refractivity contribution in [1.29, 1.82) is 0 Å². The molecule has 0 spiro atoms. The van der Waals surface area contributed by atoms with Crippen LogP contribution in [-0.2, 0) is 0 Å². The van der Waals surface area contributed by atoms with E-state index in [1.54, 1.807) is 13.4 Å². The molecule has 1 aromatic carbocycles. The van der Waals surface area contributed by atoms with Gasteiger partial charge in [-0.1, -0.05) is 23.4 Å². The summed E-state index contributed by atoms with van der Waals surface area (Å²) in [4.78, 5) is 0. The van der Waals surface area contributed by atoms with Crippen LogP contribution in [0.5, 0.6) is 5.75 Å². The summed E-state index contributed by atoms with van der Waals surface area (Å²) in [5.41, 5.74) is 8.30. The molecule has 5 nitrogen and oxygen atoms in total. The molecule has 0 saturated carbocycles. The van der Waals surface area contributed by atoms with E-state index in [-0.39, 0.29) is 0 Å². The van der Waals surface area contributed by atoms with Crippen LogP contribution < -0.4 is 10.5 Å². The maximum absolute atomic E-state index is 5.95. The molecule has 0 fully saturated rings. The number of aryl methyl sites for hydroxylation is 1. The molecule has 2 heterocycles. The molecule has 0 aliphatic rings. The van der Waals surface area contributed by atoms with Gasteiger partial charge in [-0.2, -0.15) is 0 Å². The first kappa shape index (κ1) is 12.3. The second kappa shape index (κ2) is 4.77. The molecule has 5 heteroatoms. The Morgan fingerprint density at radius 2 is 2.05 bits per heavy atom. The van der Waals surface area contributed by atoms with Crippen molar-refractivity contribution in [1.82, 2.24) is 5.16 Å². The molecule has 0 atom stereocenters. The summed E-state index contributed by atoms with van der Waals surface area (Å²) < 4.78 is 16.0. The standard InChI is InChI=1S/C15H14N2O3/c1-9-7-10(8-19-9)14-13(15(16)17-20-14)11-5-3-4-6-12(11)18-2/h3-8H,1-2H3,(H2,16,17). The zero-order valence-corrected chi connectivity index (χ0v) is 11.2. The average Bonchev–Trinajstić information content (AvgIpc) is 3.04. The summed E-state index contributed by atoms with van der Waals surface area (Å²) in [6, 6.07) is 9.46. The fourth-order valence-corrected chi connectivity index (χ4v) is 2.17. The van der Waals surface area contributed by atoms with Gasteiger partial charge in [0.1, 0.15) is 17.8 Å². The first-order valence-electron chi connectivity index (χ1n) is 6.14. The Hall–Kier alpha value is -2.69. The molecule has 0 unspecified atom stereocenters. The van der Waals surface area contributed by atoms with Crippen LogP contribution in [-0.4, -0.2) is 12.3 Å². The molecule has 3 rings (SSSR count). The number of nitrogen functional groups attached to an aromatic ring is 1. The SMILES string of the molecule is COc1ccccc1-c1c(N)noc1-c1coc(C)c1. The fraction of sp³-hybridized carbons (Fsp3) is 0.133. The van der Waals surface area contributed by atoms with Crippen LogP contribution in [0.25, 0.3) is 22.5 Å².